The zero-order valence-electron chi connectivity index (χ0n) is 7.62. The first-order valence-electron chi connectivity index (χ1n) is 4.16. The lowest BCUT2D eigenvalue weighted by atomic mass is 10.3. The van der Waals surface area contributed by atoms with Gasteiger partial charge in [-0.1, -0.05) is 17.7 Å². The van der Waals surface area contributed by atoms with Crippen LogP contribution in [0, 0.1) is 12.3 Å². The van der Waals surface area contributed by atoms with Crippen LogP contribution in [-0.2, 0) is 0 Å². The number of rotatable bonds is 1. The van der Waals surface area contributed by atoms with Crippen molar-refractivity contribution in [1.82, 2.24) is 4.57 Å². The van der Waals surface area contributed by atoms with Crippen LogP contribution in [-0.4, -0.2) is 4.57 Å². The molecule has 0 aliphatic rings. The Hall–Kier alpha value is -1.06. The van der Waals surface area contributed by atoms with Gasteiger partial charge >= 0.3 is 0 Å². The maximum Gasteiger partial charge on any atom is 0.186 e. The topological polar surface area (TPSA) is 28.8 Å². The predicted molar refractivity (Wildman–Crippen MR) is 59.2 cm³/mol. The average molecular weight is 225 g/mol. The van der Waals surface area contributed by atoms with Crippen LogP contribution >= 0.6 is 22.9 Å². The summed E-state index contributed by atoms with van der Waals surface area (Å²) in [5.41, 5.74) is 0.937. The molecule has 2 nitrogen and oxygen atoms in total. The molecule has 72 valence electrons. The minimum absolute atomic E-state index is 0.518. The minimum atomic E-state index is 0.518. The van der Waals surface area contributed by atoms with Crippen molar-refractivity contribution in [3.63, 3.8) is 0 Å². The van der Waals surface area contributed by atoms with Gasteiger partial charge in [0.25, 0.3) is 0 Å². The van der Waals surface area contributed by atoms with Crippen LogP contribution in [0.4, 0.5) is 0 Å². The van der Waals surface area contributed by atoms with Gasteiger partial charge in [-0.2, -0.15) is 0 Å². The average Bonchev–Trinajstić information content (AvgIpc) is 2.45. The third-order valence-corrected chi connectivity index (χ3v) is 2.93. The van der Waals surface area contributed by atoms with Gasteiger partial charge in [-0.15, -0.1) is 11.3 Å². The van der Waals surface area contributed by atoms with E-state index in [2.05, 4.69) is 0 Å². The molecule has 0 aliphatic carbocycles. The van der Waals surface area contributed by atoms with E-state index >= 15 is 0 Å². The molecule has 0 radical (unpaired) electrons. The van der Waals surface area contributed by atoms with Crippen LogP contribution in [0.1, 0.15) is 4.88 Å². The summed E-state index contributed by atoms with van der Waals surface area (Å²) in [4.78, 5) is 1.64. The summed E-state index contributed by atoms with van der Waals surface area (Å²) in [5, 5.41) is 8.43. The van der Waals surface area contributed by atoms with Crippen molar-refractivity contribution in [2.75, 3.05) is 0 Å². The molecule has 4 heteroatoms. The van der Waals surface area contributed by atoms with E-state index in [-0.39, 0.29) is 0 Å². The molecule has 2 aromatic rings. The first-order valence-corrected chi connectivity index (χ1v) is 5.36. The molecular weight excluding hydrogens is 216 g/mol. The third-order valence-electron chi connectivity index (χ3n) is 1.87. The second-order valence-corrected chi connectivity index (χ2v) is 4.67. The highest BCUT2D eigenvalue weighted by Crippen LogP contribution is 2.14. The summed E-state index contributed by atoms with van der Waals surface area (Å²) in [5.74, 6) is 0. The van der Waals surface area contributed by atoms with Crippen LogP contribution in [0.3, 0.4) is 0 Å². The molecule has 0 fully saturated rings. The van der Waals surface area contributed by atoms with Crippen molar-refractivity contribution in [3.8, 4) is 5.69 Å². The molecule has 2 rings (SSSR count). The quantitative estimate of drug-likeness (QED) is 0.772. The summed E-state index contributed by atoms with van der Waals surface area (Å²) in [6, 6.07) is 7.51. The molecule has 0 unspecified atom stereocenters. The second kappa shape index (κ2) is 3.59. The summed E-state index contributed by atoms with van der Waals surface area (Å²) in [6.45, 7) is 1.99. The molecular formula is C10H9ClN2S. The number of thiazole rings is 1. The normalized spacial score (nSPS) is 10.4. The summed E-state index contributed by atoms with van der Waals surface area (Å²) < 4.78 is 1.83. The van der Waals surface area contributed by atoms with Crippen LogP contribution < -0.4 is 4.80 Å². The number of halogens is 1. The molecule has 1 heterocycles. The monoisotopic (exact) mass is 224 g/mol. The van der Waals surface area contributed by atoms with Gasteiger partial charge in [-0.05, 0) is 25.1 Å². The second-order valence-electron chi connectivity index (χ2n) is 3.00. The number of nitrogens with one attached hydrogen (secondary N) is 1. The Morgan fingerprint density at radius 2 is 2.21 bits per heavy atom. The molecule has 0 spiro atoms. The van der Waals surface area contributed by atoms with Gasteiger partial charge < -0.3 is 0 Å². The van der Waals surface area contributed by atoms with Crippen molar-refractivity contribution in [2.24, 2.45) is 0 Å². The van der Waals surface area contributed by atoms with E-state index in [9.17, 15) is 0 Å². The Morgan fingerprint density at radius 3 is 2.79 bits per heavy atom. The highest BCUT2D eigenvalue weighted by molar-refractivity contribution is 7.09. The Labute approximate surface area is 90.9 Å². The van der Waals surface area contributed by atoms with E-state index in [0.717, 1.165) is 10.6 Å². The van der Waals surface area contributed by atoms with Crippen LogP contribution in [0.2, 0.25) is 5.02 Å². The lowest BCUT2D eigenvalue weighted by Gasteiger charge is -2.01. The maximum atomic E-state index is 7.74. The van der Waals surface area contributed by atoms with Gasteiger partial charge in [0.05, 0.1) is 0 Å². The molecule has 1 N–H and O–H groups in total. The maximum absolute atomic E-state index is 7.74. The fourth-order valence-corrected chi connectivity index (χ4v) is 2.19. The lowest BCUT2D eigenvalue weighted by Crippen LogP contribution is -2.08. The predicted octanol–water partition coefficient (Wildman–Crippen LogP) is 2.98. The number of aryl methyl sites for hydroxylation is 1. The molecule has 1 aromatic heterocycles. The minimum Gasteiger partial charge on any atom is -0.293 e. The van der Waals surface area contributed by atoms with E-state index in [0.29, 0.717) is 9.82 Å². The van der Waals surface area contributed by atoms with Gasteiger partial charge in [0.1, 0.15) is 0 Å². The molecule has 14 heavy (non-hydrogen) atoms. The van der Waals surface area contributed by atoms with Crippen LogP contribution in [0.5, 0.6) is 0 Å². The van der Waals surface area contributed by atoms with E-state index in [4.69, 9.17) is 17.0 Å². The number of benzene rings is 1. The highest BCUT2D eigenvalue weighted by Gasteiger charge is 2.00. The molecule has 0 aliphatic heterocycles. The van der Waals surface area contributed by atoms with Gasteiger partial charge in [-0.25, -0.2) is 0 Å². The molecule has 0 atom stereocenters. The number of aromatic nitrogens is 1. The van der Waals surface area contributed by atoms with Gasteiger partial charge in [-0.3, -0.25) is 9.98 Å². The van der Waals surface area contributed by atoms with Gasteiger partial charge in [0.15, 0.2) is 4.80 Å². The molecule has 0 saturated carbocycles. The van der Waals surface area contributed by atoms with E-state index < -0.39 is 0 Å². The number of hydrogen-bond donors (Lipinski definition) is 1. The van der Waals surface area contributed by atoms with Crippen molar-refractivity contribution in [2.45, 2.75) is 6.92 Å². The Kier molecular flexibility index (Phi) is 2.44. The Morgan fingerprint density at radius 1 is 1.43 bits per heavy atom. The van der Waals surface area contributed by atoms with Crippen molar-refractivity contribution in [1.29, 1.82) is 5.41 Å². The van der Waals surface area contributed by atoms with E-state index in [1.54, 1.807) is 0 Å². The summed E-state index contributed by atoms with van der Waals surface area (Å²) in [7, 11) is 0. The SMILES string of the molecule is Cc1cn(-c2cccc(Cl)c2)c(=N)s1. The Bertz CT molecular complexity index is 513. The van der Waals surface area contributed by atoms with Crippen LogP contribution in [0.15, 0.2) is 30.5 Å². The lowest BCUT2D eigenvalue weighted by molar-refractivity contribution is 0.975. The summed E-state index contributed by atoms with van der Waals surface area (Å²) >= 11 is 7.34. The van der Waals surface area contributed by atoms with Gasteiger partial charge in [0.2, 0.25) is 0 Å². The molecule has 0 amide bonds. The fraction of sp³-hybridized carbons (Fsp3) is 0.100. The van der Waals surface area contributed by atoms with Crippen molar-refractivity contribution >= 4 is 22.9 Å². The first kappa shape index (κ1) is 9.49. The first-order chi connectivity index (χ1) is 6.66. The summed E-state index contributed by atoms with van der Waals surface area (Å²) in [6.07, 6.45) is 1.94. The highest BCUT2D eigenvalue weighted by atomic mass is 35.5. The zero-order chi connectivity index (χ0) is 10.1. The van der Waals surface area contributed by atoms with E-state index in [1.807, 2.05) is 42.0 Å². The number of hydrogen-bond acceptors (Lipinski definition) is 2. The van der Waals surface area contributed by atoms with Crippen molar-refractivity contribution < 1.29 is 0 Å². The zero-order valence-corrected chi connectivity index (χ0v) is 9.19. The molecule has 1 aromatic carbocycles. The third kappa shape index (κ3) is 1.74. The van der Waals surface area contributed by atoms with E-state index in [1.165, 1.54) is 11.3 Å². The van der Waals surface area contributed by atoms with Gasteiger partial charge in [0, 0.05) is 21.8 Å². The van der Waals surface area contributed by atoms with Crippen molar-refractivity contribution in [3.05, 3.63) is 45.2 Å². The Balaban J connectivity index is 2.60. The standard InChI is InChI=1S/C10H9ClN2S/c1-7-6-13(10(12)14-7)9-4-2-3-8(11)5-9/h2-6,12H,1H3. The van der Waals surface area contributed by atoms with Crippen LogP contribution in [0.25, 0.3) is 5.69 Å². The largest absolute Gasteiger partial charge is 0.293 e. The number of nitrogens with zero attached hydrogens (tertiary/aromatic N) is 1. The molecule has 0 saturated heterocycles. The fourth-order valence-electron chi connectivity index (χ4n) is 1.29. The smallest absolute Gasteiger partial charge is 0.186 e. The molecule has 0 bridgehead atoms.